The number of benzene rings is 1. The SMILES string of the molecule is CCCCCCC(NC)C1(c2ccccc2)CCOCC1. The average molecular weight is 289 g/mol. The van der Waals surface area contributed by atoms with E-state index < -0.39 is 0 Å². The van der Waals surface area contributed by atoms with Crippen LogP contribution in [-0.4, -0.2) is 26.3 Å². The van der Waals surface area contributed by atoms with Gasteiger partial charge in [-0.1, -0.05) is 62.9 Å². The third-order valence-corrected chi connectivity index (χ3v) is 5.10. The van der Waals surface area contributed by atoms with E-state index in [9.17, 15) is 0 Å². The van der Waals surface area contributed by atoms with E-state index in [1.54, 1.807) is 0 Å². The molecule has 0 saturated carbocycles. The van der Waals surface area contributed by atoms with Gasteiger partial charge in [0.25, 0.3) is 0 Å². The first-order valence-corrected chi connectivity index (χ1v) is 8.64. The lowest BCUT2D eigenvalue weighted by atomic mass is 9.67. The Balaban J connectivity index is 2.13. The summed E-state index contributed by atoms with van der Waals surface area (Å²) in [4.78, 5) is 0. The summed E-state index contributed by atoms with van der Waals surface area (Å²) in [5.41, 5.74) is 1.74. The van der Waals surface area contributed by atoms with Gasteiger partial charge < -0.3 is 10.1 Å². The molecular weight excluding hydrogens is 258 g/mol. The largest absolute Gasteiger partial charge is 0.381 e. The Morgan fingerprint density at radius 1 is 1.10 bits per heavy atom. The van der Waals surface area contributed by atoms with Crippen molar-refractivity contribution in [2.45, 2.75) is 63.3 Å². The highest BCUT2D eigenvalue weighted by Crippen LogP contribution is 2.39. The van der Waals surface area contributed by atoms with Crippen LogP contribution in [0.4, 0.5) is 0 Å². The molecule has 1 aromatic carbocycles. The number of hydrogen-bond donors (Lipinski definition) is 1. The summed E-state index contributed by atoms with van der Waals surface area (Å²) in [5.74, 6) is 0. The van der Waals surface area contributed by atoms with Crippen LogP contribution in [0.2, 0.25) is 0 Å². The molecular formula is C19H31NO. The van der Waals surface area contributed by atoms with Crippen molar-refractivity contribution in [3.8, 4) is 0 Å². The number of hydrogen-bond acceptors (Lipinski definition) is 2. The molecule has 0 amide bonds. The van der Waals surface area contributed by atoms with Crippen molar-refractivity contribution in [3.05, 3.63) is 35.9 Å². The van der Waals surface area contributed by atoms with Gasteiger partial charge in [0, 0.05) is 24.7 Å². The summed E-state index contributed by atoms with van der Waals surface area (Å²) < 4.78 is 5.66. The minimum atomic E-state index is 0.250. The van der Waals surface area contributed by atoms with E-state index in [-0.39, 0.29) is 5.41 Å². The normalized spacial score (nSPS) is 19.3. The molecule has 1 heterocycles. The predicted molar refractivity (Wildman–Crippen MR) is 89.8 cm³/mol. The highest BCUT2D eigenvalue weighted by molar-refractivity contribution is 5.28. The Morgan fingerprint density at radius 2 is 1.81 bits per heavy atom. The molecule has 1 saturated heterocycles. The first-order valence-electron chi connectivity index (χ1n) is 8.64. The van der Waals surface area contributed by atoms with Crippen LogP contribution in [0.3, 0.4) is 0 Å². The van der Waals surface area contributed by atoms with E-state index >= 15 is 0 Å². The zero-order valence-corrected chi connectivity index (χ0v) is 13.7. The molecule has 1 aromatic rings. The van der Waals surface area contributed by atoms with E-state index in [4.69, 9.17) is 4.74 Å². The summed E-state index contributed by atoms with van der Waals surface area (Å²) in [7, 11) is 2.13. The summed E-state index contributed by atoms with van der Waals surface area (Å²) in [5, 5.41) is 3.63. The van der Waals surface area contributed by atoms with Crippen molar-refractivity contribution in [2.24, 2.45) is 0 Å². The van der Waals surface area contributed by atoms with Crippen molar-refractivity contribution < 1.29 is 4.74 Å². The van der Waals surface area contributed by atoms with Gasteiger partial charge in [-0.2, -0.15) is 0 Å². The second kappa shape index (κ2) is 8.55. The second-order valence-corrected chi connectivity index (χ2v) is 6.33. The molecule has 1 aliphatic rings. The monoisotopic (exact) mass is 289 g/mol. The van der Waals surface area contributed by atoms with Gasteiger partial charge in [0.1, 0.15) is 0 Å². The first kappa shape index (κ1) is 16.5. The van der Waals surface area contributed by atoms with Crippen LogP contribution >= 0.6 is 0 Å². The molecule has 2 heteroatoms. The summed E-state index contributed by atoms with van der Waals surface area (Å²) in [6.45, 7) is 4.06. The number of ether oxygens (including phenoxy) is 1. The molecule has 0 aliphatic carbocycles. The molecule has 1 N–H and O–H groups in total. The molecule has 21 heavy (non-hydrogen) atoms. The molecule has 0 bridgehead atoms. The fourth-order valence-electron chi connectivity index (χ4n) is 3.82. The maximum atomic E-state index is 5.66. The zero-order chi connectivity index (χ0) is 15.0. The van der Waals surface area contributed by atoms with Gasteiger partial charge in [0.2, 0.25) is 0 Å². The fraction of sp³-hybridized carbons (Fsp3) is 0.684. The first-order chi connectivity index (χ1) is 10.3. The third-order valence-electron chi connectivity index (χ3n) is 5.10. The van der Waals surface area contributed by atoms with Gasteiger partial charge in [-0.25, -0.2) is 0 Å². The topological polar surface area (TPSA) is 21.3 Å². The second-order valence-electron chi connectivity index (χ2n) is 6.33. The van der Waals surface area contributed by atoms with Crippen LogP contribution in [0.5, 0.6) is 0 Å². The minimum absolute atomic E-state index is 0.250. The molecule has 0 radical (unpaired) electrons. The third kappa shape index (κ3) is 4.08. The minimum Gasteiger partial charge on any atom is -0.381 e. The Bertz CT molecular complexity index is 384. The van der Waals surface area contributed by atoms with Crippen LogP contribution in [0.1, 0.15) is 57.4 Å². The molecule has 1 aliphatic heterocycles. The van der Waals surface area contributed by atoms with Gasteiger partial charge >= 0.3 is 0 Å². The number of unbranched alkanes of at least 4 members (excludes halogenated alkanes) is 3. The van der Waals surface area contributed by atoms with Crippen LogP contribution in [-0.2, 0) is 10.2 Å². The van der Waals surface area contributed by atoms with E-state index in [1.807, 2.05) is 0 Å². The maximum Gasteiger partial charge on any atom is 0.0475 e. The average Bonchev–Trinajstić information content (AvgIpc) is 2.56. The Morgan fingerprint density at radius 3 is 2.43 bits per heavy atom. The lowest BCUT2D eigenvalue weighted by Gasteiger charge is -2.44. The molecule has 1 fully saturated rings. The molecule has 118 valence electrons. The van der Waals surface area contributed by atoms with E-state index in [1.165, 1.54) is 37.7 Å². The Hall–Kier alpha value is -0.860. The predicted octanol–water partition coefficient (Wildman–Crippen LogP) is 4.29. The fourth-order valence-corrected chi connectivity index (χ4v) is 3.82. The van der Waals surface area contributed by atoms with Gasteiger partial charge in [-0.3, -0.25) is 0 Å². The van der Waals surface area contributed by atoms with E-state index in [0.29, 0.717) is 6.04 Å². The molecule has 0 aromatic heterocycles. The van der Waals surface area contributed by atoms with Crippen LogP contribution in [0, 0.1) is 0 Å². The number of nitrogens with one attached hydrogen (secondary N) is 1. The van der Waals surface area contributed by atoms with Crippen molar-refractivity contribution in [1.29, 1.82) is 0 Å². The summed E-state index contributed by atoms with van der Waals surface area (Å²) in [6.07, 6.45) is 8.89. The van der Waals surface area contributed by atoms with Gasteiger partial charge in [-0.15, -0.1) is 0 Å². The summed E-state index contributed by atoms with van der Waals surface area (Å²) >= 11 is 0. The van der Waals surface area contributed by atoms with Gasteiger partial charge in [0.15, 0.2) is 0 Å². The van der Waals surface area contributed by atoms with Gasteiger partial charge in [-0.05, 0) is 31.9 Å². The highest BCUT2D eigenvalue weighted by atomic mass is 16.5. The summed E-state index contributed by atoms with van der Waals surface area (Å²) in [6, 6.07) is 11.6. The van der Waals surface area contributed by atoms with E-state index in [2.05, 4.69) is 49.6 Å². The maximum absolute atomic E-state index is 5.66. The molecule has 2 rings (SSSR count). The van der Waals surface area contributed by atoms with Crippen molar-refractivity contribution in [1.82, 2.24) is 5.32 Å². The van der Waals surface area contributed by atoms with Crippen molar-refractivity contribution in [3.63, 3.8) is 0 Å². The Kier molecular flexibility index (Phi) is 6.72. The molecule has 2 nitrogen and oxygen atoms in total. The number of likely N-dealkylation sites (N-methyl/N-ethyl adjacent to an activating group) is 1. The lowest BCUT2D eigenvalue weighted by Crippen LogP contribution is -2.50. The van der Waals surface area contributed by atoms with Crippen LogP contribution < -0.4 is 5.32 Å². The molecule has 1 unspecified atom stereocenters. The standard InChI is InChI=1S/C19H31NO/c1-3-4-5-9-12-18(20-2)19(13-15-21-16-14-19)17-10-7-6-8-11-17/h6-8,10-11,18,20H,3-5,9,12-16H2,1-2H3. The lowest BCUT2D eigenvalue weighted by molar-refractivity contribution is 0.0337. The zero-order valence-electron chi connectivity index (χ0n) is 13.7. The van der Waals surface area contributed by atoms with Crippen molar-refractivity contribution >= 4 is 0 Å². The number of rotatable bonds is 8. The highest BCUT2D eigenvalue weighted by Gasteiger charge is 2.40. The van der Waals surface area contributed by atoms with Crippen LogP contribution in [0.25, 0.3) is 0 Å². The van der Waals surface area contributed by atoms with Crippen molar-refractivity contribution in [2.75, 3.05) is 20.3 Å². The van der Waals surface area contributed by atoms with Gasteiger partial charge in [0.05, 0.1) is 0 Å². The van der Waals surface area contributed by atoms with E-state index in [0.717, 1.165) is 26.1 Å². The smallest absolute Gasteiger partial charge is 0.0475 e. The molecule has 1 atom stereocenters. The Labute approximate surface area is 130 Å². The quantitative estimate of drug-likeness (QED) is 0.721. The molecule has 0 spiro atoms. The van der Waals surface area contributed by atoms with Crippen LogP contribution in [0.15, 0.2) is 30.3 Å².